The van der Waals surface area contributed by atoms with Gasteiger partial charge in [-0.3, -0.25) is 4.79 Å². The summed E-state index contributed by atoms with van der Waals surface area (Å²) in [7, 11) is 0.695. The van der Waals surface area contributed by atoms with Gasteiger partial charge in [-0.15, -0.1) is 0 Å². The van der Waals surface area contributed by atoms with Crippen molar-refractivity contribution in [3.8, 4) is 17.2 Å². The molecule has 0 heterocycles. The summed E-state index contributed by atoms with van der Waals surface area (Å²) < 4.78 is 43.4. The molecular formula is C18H22N2O6S. The molecular weight excluding hydrogens is 372 g/mol. The van der Waals surface area contributed by atoms with Crippen LogP contribution in [0.15, 0.2) is 41.3 Å². The summed E-state index contributed by atoms with van der Waals surface area (Å²) in [5, 5.41) is 2.58. The smallest absolute Gasteiger partial charge is 0.240 e. The zero-order valence-electron chi connectivity index (χ0n) is 15.5. The Morgan fingerprint density at radius 1 is 0.926 bits per heavy atom. The van der Waals surface area contributed by atoms with E-state index >= 15 is 0 Å². The summed E-state index contributed by atoms with van der Waals surface area (Å²) in [5.41, 5.74) is 1.11. The molecule has 2 aromatic carbocycles. The maximum absolute atomic E-state index is 12.5. The SMILES string of the molecule is COc1ccc(CNS(=O)(=O)c2ccc(NC(C)=O)cc2)c(OC)c1OC. The fraction of sp³-hybridized carbons (Fsp3) is 0.278. The third-order valence-electron chi connectivity index (χ3n) is 3.72. The van der Waals surface area contributed by atoms with Crippen molar-refractivity contribution in [2.24, 2.45) is 0 Å². The van der Waals surface area contributed by atoms with Gasteiger partial charge in [0.2, 0.25) is 21.7 Å². The van der Waals surface area contributed by atoms with E-state index in [1.165, 1.54) is 52.5 Å². The average molecular weight is 394 g/mol. The van der Waals surface area contributed by atoms with Crippen LogP contribution in [0.5, 0.6) is 17.2 Å². The van der Waals surface area contributed by atoms with Gasteiger partial charge in [-0.1, -0.05) is 6.07 Å². The first-order valence-corrected chi connectivity index (χ1v) is 9.46. The van der Waals surface area contributed by atoms with Crippen LogP contribution in [0.25, 0.3) is 0 Å². The summed E-state index contributed by atoms with van der Waals surface area (Å²) in [6.45, 7) is 1.38. The maximum Gasteiger partial charge on any atom is 0.240 e. The Balaban J connectivity index is 2.21. The molecule has 0 aliphatic rings. The lowest BCUT2D eigenvalue weighted by Gasteiger charge is -2.16. The average Bonchev–Trinajstić information content (AvgIpc) is 2.65. The second-order valence-corrected chi connectivity index (χ2v) is 7.29. The molecule has 0 aliphatic carbocycles. The summed E-state index contributed by atoms with van der Waals surface area (Å²) >= 11 is 0. The summed E-state index contributed by atoms with van der Waals surface area (Å²) in [6, 6.07) is 9.24. The van der Waals surface area contributed by atoms with Gasteiger partial charge in [-0.2, -0.15) is 0 Å². The van der Waals surface area contributed by atoms with Crippen molar-refractivity contribution >= 4 is 21.6 Å². The molecule has 8 nitrogen and oxygen atoms in total. The lowest BCUT2D eigenvalue weighted by Crippen LogP contribution is -2.23. The zero-order valence-corrected chi connectivity index (χ0v) is 16.3. The lowest BCUT2D eigenvalue weighted by atomic mass is 10.1. The number of anilines is 1. The Labute approximate surface area is 158 Å². The number of sulfonamides is 1. The molecule has 0 bridgehead atoms. The van der Waals surface area contributed by atoms with Crippen molar-refractivity contribution in [2.45, 2.75) is 18.4 Å². The molecule has 0 saturated heterocycles. The first-order valence-electron chi connectivity index (χ1n) is 7.97. The molecule has 0 spiro atoms. The van der Waals surface area contributed by atoms with Crippen LogP contribution in [0.2, 0.25) is 0 Å². The number of hydrogen-bond acceptors (Lipinski definition) is 6. The van der Waals surface area contributed by atoms with E-state index in [-0.39, 0.29) is 17.3 Å². The topological polar surface area (TPSA) is 103 Å². The van der Waals surface area contributed by atoms with Crippen LogP contribution in [0.4, 0.5) is 5.69 Å². The molecule has 2 rings (SSSR count). The van der Waals surface area contributed by atoms with E-state index in [9.17, 15) is 13.2 Å². The van der Waals surface area contributed by atoms with E-state index in [0.29, 0.717) is 28.5 Å². The summed E-state index contributed by atoms with van der Waals surface area (Å²) in [4.78, 5) is 11.1. The standard InChI is InChI=1S/C18H22N2O6S/c1-12(21)20-14-6-8-15(9-7-14)27(22,23)19-11-13-5-10-16(24-2)18(26-4)17(13)25-3/h5-10,19H,11H2,1-4H3,(H,20,21). The quantitative estimate of drug-likeness (QED) is 0.711. The van der Waals surface area contributed by atoms with Gasteiger partial charge >= 0.3 is 0 Å². The molecule has 0 aromatic heterocycles. The van der Waals surface area contributed by atoms with Crippen molar-refractivity contribution in [3.63, 3.8) is 0 Å². The first-order chi connectivity index (χ1) is 12.8. The minimum Gasteiger partial charge on any atom is -0.493 e. The van der Waals surface area contributed by atoms with Crippen molar-refractivity contribution in [1.82, 2.24) is 4.72 Å². The van der Waals surface area contributed by atoms with Crippen molar-refractivity contribution in [3.05, 3.63) is 42.0 Å². The molecule has 0 saturated carbocycles. The molecule has 0 atom stereocenters. The van der Waals surface area contributed by atoms with Crippen LogP contribution in [0, 0.1) is 0 Å². The summed E-state index contributed by atoms with van der Waals surface area (Å²) in [5.74, 6) is 1.02. The van der Waals surface area contributed by atoms with Crippen LogP contribution >= 0.6 is 0 Å². The molecule has 0 radical (unpaired) electrons. The van der Waals surface area contributed by atoms with Gasteiger partial charge < -0.3 is 19.5 Å². The fourth-order valence-electron chi connectivity index (χ4n) is 2.48. The highest BCUT2D eigenvalue weighted by atomic mass is 32.2. The minimum atomic E-state index is -3.75. The Morgan fingerprint density at radius 3 is 2.07 bits per heavy atom. The van der Waals surface area contributed by atoms with Crippen LogP contribution in [-0.4, -0.2) is 35.7 Å². The number of carbonyl (C=O) groups is 1. The van der Waals surface area contributed by atoms with E-state index in [1.807, 2.05) is 0 Å². The predicted molar refractivity (Wildman–Crippen MR) is 101 cm³/mol. The molecule has 2 aromatic rings. The Hall–Kier alpha value is -2.78. The molecule has 0 fully saturated rings. The van der Waals surface area contributed by atoms with Gasteiger partial charge in [-0.05, 0) is 30.3 Å². The lowest BCUT2D eigenvalue weighted by molar-refractivity contribution is -0.114. The van der Waals surface area contributed by atoms with Crippen LogP contribution < -0.4 is 24.2 Å². The van der Waals surface area contributed by atoms with Gasteiger partial charge in [0, 0.05) is 24.7 Å². The van der Waals surface area contributed by atoms with E-state index in [0.717, 1.165) is 0 Å². The number of hydrogen-bond donors (Lipinski definition) is 2. The Morgan fingerprint density at radius 2 is 1.56 bits per heavy atom. The number of benzene rings is 2. The van der Waals surface area contributed by atoms with Gasteiger partial charge in [0.25, 0.3) is 0 Å². The monoisotopic (exact) mass is 394 g/mol. The Bertz CT molecular complexity index is 910. The predicted octanol–water partition coefficient (Wildman–Crippen LogP) is 2.15. The highest BCUT2D eigenvalue weighted by Crippen LogP contribution is 2.39. The van der Waals surface area contributed by atoms with Crippen LogP contribution in [0.3, 0.4) is 0 Å². The largest absolute Gasteiger partial charge is 0.493 e. The van der Waals surface area contributed by atoms with Gasteiger partial charge in [0.15, 0.2) is 11.5 Å². The minimum absolute atomic E-state index is 0.000686. The summed E-state index contributed by atoms with van der Waals surface area (Å²) in [6.07, 6.45) is 0. The van der Waals surface area contributed by atoms with Crippen molar-refractivity contribution in [2.75, 3.05) is 26.6 Å². The molecule has 1 amide bonds. The first kappa shape index (κ1) is 20.5. The Kier molecular flexibility index (Phi) is 6.65. The number of amides is 1. The molecule has 0 unspecified atom stereocenters. The van der Waals surface area contributed by atoms with Crippen molar-refractivity contribution in [1.29, 1.82) is 0 Å². The van der Waals surface area contributed by atoms with E-state index in [1.54, 1.807) is 12.1 Å². The number of carbonyl (C=O) groups excluding carboxylic acids is 1. The van der Waals surface area contributed by atoms with Crippen LogP contribution in [0.1, 0.15) is 12.5 Å². The maximum atomic E-state index is 12.5. The normalized spacial score (nSPS) is 11.0. The number of ether oxygens (including phenoxy) is 3. The second kappa shape index (κ2) is 8.74. The van der Waals surface area contributed by atoms with Crippen LogP contribution in [-0.2, 0) is 21.4 Å². The van der Waals surface area contributed by atoms with E-state index < -0.39 is 10.0 Å². The number of nitrogens with one attached hydrogen (secondary N) is 2. The zero-order chi connectivity index (χ0) is 20.0. The van der Waals surface area contributed by atoms with Gasteiger partial charge in [-0.25, -0.2) is 13.1 Å². The number of rotatable bonds is 8. The molecule has 0 aliphatic heterocycles. The molecule has 146 valence electrons. The molecule has 9 heteroatoms. The third-order valence-corrected chi connectivity index (χ3v) is 5.14. The van der Waals surface area contributed by atoms with Crippen molar-refractivity contribution < 1.29 is 27.4 Å². The second-order valence-electron chi connectivity index (χ2n) is 5.52. The molecule has 27 heavy (non-hydrogen) atoms. The highest BCUT2D eigenvalue weighted by molar-refractivity contribution is 7.89. The van der Waals surface area contributed by atoms with E-state index in [4.69, 9.17) is 14.2 Å². The van der Waals surface area contributed by atoms with Gasteiger partial charge in [0.05, 0.1) is 26.2 Å². The highest BCUT2D eigenvalue weighted by Gasteiger charge is 2.19. The van der Waals surface area contributed by atoms with E-state index in [2.05, 4.69) is 10.0 Å². The molecule has 2 N–H and O–H groups in total. The number of methoxy groups -OCH3 is 3. The van der Waals surface area contributed by atoms with Gasteiger partial charge in [0.1, 0.15) is 0 Å². The third kappa shape index (κ3) is 4.89. The fourth-order valence-corrected chi connectivity index (χ4v) is 3.49.